The Kier molecular flexibility index (Phi) is 63300. The molecule has 3 radical (unpaired) electrons. The summed E-state index contributed by atoms with van der Waals surface area (Å²) in [5, 5.41) is 0. The first-order chi connectivity index (χ1) is 0. The Labute approximate surface area is 49.8 Å². The summed E-state index contributed by atoms with van der Waals surface area (Å²) in [4.78, 5) is 0. The summed E-state index contributed by atoms with van der Waals surface area (Å²) in [5.74, 6) is 0. The molecule has 0 aromatic carbocycles. The van der Waals surface area contributed by atoms with E-state index in [9.17, 15) is 0 Å². The van der Waals surface area contributed by atoms with Crippen LogP contribution in [0.4, 0.5) is 0 Å². The zero-order chi connectivity index (χ0) is 0. The van der Waals surface area contributed by atoms with E-state index in [1.54, 1.807) is 0 Å². The second-order valence-corrected chi connectivity index (χ2v) is 0. The van der Waals surface area contributed by atoms with Crippen molar-refractivity contribution in [3.63, 3.8) is 0 Å². The molecule has 0 fully saturated rings. The first kappa shape index (κ1) is 820. The van der Waals surface area contributed by atoms with Crippen LogP contribution in [0.5, 0.6) is 0 Å². The molecule has 0 spiro atoms. The normalized spacial score (nSPS) is 0. The quantitative estimate of drug-likeness (QED) is 0.337. The van der Waals surface area contributed by atoms with Gasteiger partial charge in [0, 0.05) is 27.2 Å². The molecular weight excluding hydrogens is 174 g/mol. The van der Waals surface area contributed by atoms with Crippen LogP contribution in [0.15, 0.2) is 0 Å². The molecule has 5 nitrogen and oxygen atoms in total. The molecule has 0 rings (SSSR count). The molecule has 0 aromatic rings. The molecule has 0 bridgehead atoms. The second kappa shape index (κ2) is 464. The van der Waals surface area contributed by atoms with Crippen LogP contribution in [0.1, 0.15) is 0 Å². The first-order valence-corrected chi connectivity index (χ1v) is 0. The van der Waals surface area contributed by atoms with Gasteiger partial charge >= 0.3 is 0 Å². The molecule has 0 atom stereocenters. The summed E-state index contributed by atoms with van der Waals surface area (Å²) in [5.41, 5.74) is 0. The number of hydrogen-bond donors (Lipinski definition) is 0. The van der Waals surface area contributed by atoms with Gasteiger partial charge in [0.05, 0.1) is 0 Å². The molecule has 0 aliphatic carbocycles. The van der Waals surface area contributed by atoms with Gasteiger partial charge < -0.3 is 21.9 Å². The third kappa shape index (κ3) is 229. The number of nitrogens with zero attached hydrogens (tertiary/aromatic N) is 1. The Balaban J connectivity index is 0. The Bertz CT molecular complexity index is 7.51. The summed E-state index contributed by atoms with van der Waals surface area (Å²) in [7, 11) is 0. The van der Waals surface area contributed by atoms with E-state index in [0.29, 0.717) is 0 Å². The van der Waals surface area contributed by atoms with Gasteiger partial charge in [-0.05, 0) is 0 Å². The predicted molar refractivity (Wildman–Crippen MR) is 16.6 cm³/mol. The summed E-state index contributed by atoms with van der Waals surface area (Å²) in [6, 6.07) is 0. The van der Waals surface area contributed by atoms with Crippen LogP contribution in [0.3, 0.4) is 0 Å². The maximum atomic E-state index is 0. The molecule has 6 heavy (non-hydrogen) atoms. The Hall–Kier alpha value is 0.488. The van der Waals surface area contributed by atoms with Crippen molar-refractivity contribution in [2.75, 3.05) is 0 Å². The number of hydrogen-bond acceptors (Lipinski definition) is 0. The number of rotatable bonds is 0. The first-order valence-electron chi connectivity index (χ1n) is 0. The van der Waals surface area contributed by atoms with Crippen LogP contribution >= 0.6 is 0 Å². The monoisotopic (exact) mass is 184 g/mol. The van der Waals surface area contributed by atoms with Gasteiger partial charge in [0.25, 0.3) is 0 Å². The Morgan fingerprint density at radius 2 is 0.500 bits per heavy atom. The SMILES string of the molecule is O.O.O.O.[Mo].[N]. The van der Waals surface area contributed by atoms with Gasteiger partial charge in [-0.3, -0.25) is 0 Å². The fourth-order valence-electron chi connectivity index (χ4n) is 0. The van der Waals surface area contributed by atoms with E-state index < -0.39 is 0 Å². The third-order valence-electron chi connectivity index (χ3n) is 0. The molecule has 0 aliphatic rings. The topological polar surface area (TPSA) is 156 Å². The predicted octanol–water partition coefficient (Wildman–Crippen LogP) is -3.78. The second-order valence-electron chi connectivity index (χ2n) is 0. The molecule has 0 aromatic heterocycles. The fourth-order valence-corrected chi connectivity index (χ4v) is 0. The van der Waals surface area contributed by atoms with E-state index in [2.05, 4.69) is 0 Å². The summed E-state index contributed by atoms with van der Waals surface area (Å²) in [6.45, 7) is 0. The van der Waals surface area contributed by atoms with Crippen molar-refractivity contribution in [2.45, 2.75) is 0 Å². The van der Waals surface area contributed by atoms with Crippen molar-refractivity contribution in [3.8, 4) is 0 Å². The van der Waals surface area contributed by atoms with Crippen molar-refractivity contribution in [1.82, 2.24) is 6.15 Å². The standard InChI is InChI=1S/Mo.N.4H2O/h;;4*1H2. The summed E-state index contributed by atoms with van der Waals surface area (Å²) < 4.78 is 0. The molecule has 6 heteroatoms. The molecular formula is H8MoNO4. The van der Waals surface area contributed by atoms with Crippen molar-refractivity contribution in [3.05, 3.63) is 0 Å². The Morgan fingerprint density at radius 3 is 0.500 bits per heavy atom. The zero-order valence-electron chi connectivity index (χ0n) is 2.86. The zero-order valence-corrected chi connectivity index (χ0v) is 4.86. The van der Waals surface area contributed by atoms with Crippen molar-refractivity contribution in [1.29, 1.82) is 0 Å². The molecule has 8 N–H and O–H groups in total. The van der Waals surface area contributed by atoms with Crippen LogP contribution in [0, 0.1) is 0 Å². The van der Waals surface area contributed by atoms with Crippen LogP contribution in [-0.2, 0) is 21.1 Å². The minimum absolute atomic E-state index is 0. The van der Waals surface area contributed by atoms with Gasteiger partial charge in [0.15, 0.2) is 0 Å². The molecule has 0 amide bonds. The Morgan fingerprint density at radius 1 is 0.500 bits per heavy atom. The van der Waals surface area contributed by atoms with E-state index >= 15 is 0 Å². The van der Waals surface area contributed by atoms with Gasteiger partial charge in [-0.15, -0.1) is 0 Å². The third-order valence-corrected chi connectivity index (χ3v) is 0. The van der Waals surface area contributed by atoms with Gasteiger partial charge in [-0.25, -0.2) is 0 Å². The van der Waals surface area contributed by atoms with Gasteiger partial charge in [-0.1, -0.05) is 0 Å². The van der Waals surface area contributed by atoms with E-state index in [4.69, 9.17) is 0 Å². The van der Waals surface area contributed by atoms with E-state index in [0.717, 1.165) is 0 Å². The maximum absolute atomic E-state index is 0. The van der Waals surface area contributed by atoms with Crippen LogP contribution in [0.2, 0.25) is 0 Å². The van der Waals surface area contributed by atoms with Crippen molar-refractivity contribution >= 4 is 0 Å². The average molecular weight is 182 g/mol. The largest absolute Gasteiger partial charge is 0.412 e. The van der Waals surface area contributed by atoms with Crippen LogP contribution in [-0.4, -0.2) is 21.9 Å². The van der Waals surface area contributed by atoms with E-state index in [-0.39, 0.29) is 49.1 Å². The smallest absolute Gasteiger partial charge is 0 e. The summed E-state index contributed by atoms with van der Waals surface area (Å²) >= 11 is 0. The van der Waals surface area contributed by atoms with Gasteiger partial charge in [0.1, 0.15) is 0 Å². The minimum Gasteiger partial charge on any atom is -0.412 e. The maximum Gasteiger partial charge on any atom is 0 e. The van der Waals surface area contributed by atoms with Gasteiger partial charge in [-0.2, -0.15) is 0 Å². The molecule has 43 valence electrons. The van der Waals surface area contributed by atoms with Gasteiger partial charge in [0.2, 0.25) is 0 Å². The van der Waals surface area contributed by atoms with Crippen molar-refractivity contribution in [2.24, 2.45) is 0 Å². The summed E-state index contributed by atoms with van der Waals surface area (Å²) in [6.07, 6.45) is 0. The van der Waals surface area contributed by atoms with E-state index in [1.807, 2.05) is 0 Å². The van der Waals surface area contributed by atoms with E-state index in [1.165, 1.54) is 0 Å². The van der Waals surface area contributed by atoms with Crippen molar-refractivity contribution < 1.29 is 43.0 Å². The van der Waals surface area contributed by atoms with Crippen LogP contribution in [0.25, 0.3) is 0 Å². The minimum atomic E-state index is 0. The molecule has 0 saturated carbocycles. The molecule has 0 saturated heterocycles. The molecule has 0 heterocycles. The average Bonchev–Trinajstić information content (AvgIpc) is 0. The molecule has 0 aliphatic heterocycles. The molecule has 0 unspecified atom stereocenters. The fraction of sp³-hybridized carbons (Fsp3) is 0. The van der Waals surface area contributed by atoms with Crippen LogP contribution < -0.4 is 6.15 Å².